The van der Waals surface area contributed by atoms with Gasteiger partial charge in [-0.2, -0.15) is 0 Å². The summed E-state index contributed by atoms with van der Waals surface area (Å²) in [5.74, 6) is 0.636. The van der Waals surface area contributed by atoms with E-state index in [-0.39, 0.29) is 24.8 Å². The number of thiophene rings is 1. The summed E-state index contributed by atoms with van der Waals surface area (Å²) in [6.07, 6.45) is 5.99. The summed E-state index contributed by atoms with van der Waals surface area (Å²) in [6, 6.07) is 2.37. The minimum Gasteiger partial charge on any atom is -0.147 e. The molecule has 1 unspecified atom stereocenters. The van der Waals surface area contributed by atoms with Crippen LogP contribution in [0.15, 0.2) is 45.7 Å². The molecule has 1 atom stereocenters. The fourth-order valence-corrected chi connectivity index (χ4v) is 9.89. The van der Waals surface area contributed by atoms with Crippen molar-refractivity contribution in [1.82, 2.24) is 0 Å². The Morgan fingerprint density at radius 3 is 2.64 bits per heavy atom. The maximum atomic E-state index is 2.45. The van der Waals surface area contributed by atoms with Gasteiger partial charge in [0, 0.05) is 0 Å². The van der Waals surface area contributed by atoms with Crippen molar-refractivity contribution in [2.24, 2.45) is 5.92 Å². The second kappa shape index (κ2) is 8.57. The molecule has 1 aromatic heterocycles. The molecular formula is C20H23Cl2S2Zr. The minimum absolute atomic E-state index is 0. The molecule has 1 aromatic rings. The molecule has 0 bridgehead atoms. The maximum absolute atomic E-state index is 2.45. The SMILES string of the molecule is C[C](C)=[Zr][C]1=c2sccc2=C2C(C3=CC(C(C)C)=CC3)=CSC21.Cl.Cl. The van der Waals surface area contributed by atoms with E-state index < -0.39 is 22.8 Å². The van der Waals surface area contributed by atoms with E-state index in [2.05, 4.69) is 68.5 Å². The van der Waals surface area contributed by atoms with Gasteiger partial charge in [0.1, 0.15) is 0 Å². The molecule has 0 aromatic carbocycles. The first kappa shape index (κ1) is 21.6. The Labute approximate surface area is 182 Å². The molecule has 0 radical (unpaired) electrons. The standard InChI is InChI=1S/C17H15S2.C3H6.2ClH.Zr/c1-10(2)11-3-4-12(7-11)14-9-19-16-8-15-13(17(14)16)5-6-18-15;1-3-2;;;/h3,5-7,9-10,16H,4H2,1-2H3;1-2H3;2*1H;. The molecule has 5 heteroatoms. The van der Waals surface area contributed by atoms with E-state index >= 15 is 0 Å². The molecule has 0 fully saturated rings. The molecule has 0 saturated carbocycles. The second-order valence-electron chi connectivity index (χ2n) is 6.90. The van der Waals surface area contributed by atoms with E-state index in [1.807, 2.05) is 11.3 Å². The fraction of sp³-hybridized carbons (Fsp3) is 0.350. The van der Waals surface area contributed by atoms with Crippen LogP contribution >= 0.6 is 47.9 Å². The predicted molar refractivity (Wildman–Crippen MR) is 116 cm³/mol. The van der Waals surface area contributed by atoms with Crippen LogP contribution in [-0.2, 0) is 22.8 Å². The summed E-state index contributed by atoms with van der Waals surface area (Å²) in [4.78, 5) is 0. The first-order chi connectivity index (χ1) is 11.1. The molecule has 2 aliphatic carbocycles. The van der Waals surface area contributed by atoms with Gasteiger partial charge in [-0.15, -0.1) is 24.8 Å². The third-order valence-electron chi connectivity index (χ3n) is 4.63. The Bertz CT molecular complexity index is 925. The van der Waals surface area contributed by atoms with Gasteiger partial charge >= 0.3 is 159 Å². The number of allylic oxidation sites excluding steroid dienone is 5. The van der Waals surface area contributed by atoms with Gasteiger partial charge in [-0.3, -0.25) is 0 Å². The van der Waals surface area contributed by atoms with Crippen molar-refractivity contribution in [1.29, 1.82) is 0 Å². The van der Waals surface area contributed by atoms with Gasteiger partial charge in [0.15, 0.2) is 0 Å². The van der Waals surface area contributed by atoms with Crippen molar-refractivity contribution >= 4 is 60.0 Å². The fourth-order valence-electron chi connectivity index (χ4n) is 3.53. The van der Waals surface area contributed by atoms with E-state index in [1.165, 1.54) is 11.1 Å². The van der Waals surface area contributed by atoms with Crippen molar-refractivity contribution in [3.8, 4) is 0 Å². The second-order valence-corrected chi connectivity index (χ2v) is 13.2. The van der Waals surface area contributed by atoms with Crippen LogP contribution in [0, 0.1) is 5.92 Å². The topological polar surface area (TPSA) is 0 Å². The number of thioether (sulfide) groups is 1. The monoisotopic (exact) mass is 487 g/mol. The van der Waals surface area contributed by atoms with Crippen LogP contribution in [0.25, 0.3) is 8.85 Å². The number of halogens is 2. The molecule has 4 rings (SSSR count). The Morgan fingerprint density at radius 1 is 1.24 bits per heavy atom. The Balaban J connectivity index is 0.00000113. The molecule has 3 aliphatic rings. The van der Waals surface area contributed by atoms with Gasteiger partial charge < -0.3 is 0 Å². The van der Waals surface area contributed by atoms with Crippen molar-refractivity contribution < 1.29 is 22.8 Å². The van der Waals surface area contributed by atoms with Crippen LogP contribution in [0.2, 0.25) is 0 Å². The van der Waals surface area contributed by atoms with Crippen LogP contribution in [-0.4, -0.2) is 8.46 Å². The van der Waals surface area contributed by atoms with Crippen molar-refractivity contribution in [2.45, 2.75) is 39.4 Å². The molecule has 0 amide bonds. The Hall–Kier alpha value is 0.343. The first-order valence-electron chi connectivity index (χ1n) is 8.22. The molecular weight excluding hydrogens is 466 g/mol. The van der Waals surface area contributed by atoms with Crippen LogP contribution in [0.4, 0.5) is 0 Å². The van der Waals surface area contributed by atoms with Crippen LogP contribution in [0.1, 0.15) is 34.1 Å². The average Bonchev–Trinajstić information content (AvgIpc) is 3.21. The largest absolute Gasteiger partial charge is 0.147 e. The molecule has 0 nitrogen and oxygen atoms in total. The van der Waals surface area contributed by atoms with E-state index in [1.54, 1.807) is 27.4 Å². The van der Waals surface area contributed by atoms with Crippen LogP contribution in [0.5, 0.6) is 0 Å². The van der Waals surface area contributed by atoms with E-state index in [0.717, 1.165) is 6.42 Å². The zero-order valence-electron chi connectivity index (χ0n) is 14.9. The zero-order chi connectivity index (χ0) is 16.1. The summed E-state index contributed by atoms with van der Waals surface area (Å²) >= 11 is 3.48. The average molecular weight is 490 g/mol. The third-order valence-corrected chi connectivity index (χ3v) is 10.9. The third kappa shape index (κ3) is 3.83. The van der Waals surface area contributed by atoms with Crippen molar-refractivity contribution in [3.63, 3.8) is 0 Å². The summed E-state index contributed by atoms with van der Waals surface area (Å²) in [6.45, 7) is 9.25. The Morgan fingerprint density at radius 2 is 2.00 bits per heavy atom. The van der Waals surface area contributed by atoms with Crippen molar-refractivity contribution in [3.05, 3.63) is 55.5 Å². The molecule has 0 N–H and O–H groups in total. The van der Waals surface area contributed by atoms with E-state index in [9.17, 15) is 0 Å². The molecule has 0 saturated heterocycles. The van der Waals surface area contributed by atoms with Gasteiger partial charge in [-0.1, -0.05) is 0 Å². The normalized spacial score (nSPS) is 20.2. The quantitative estimate of drug-likeness (QED) is 0.571. The number of rotatable bonds is 3. The molecule has 2 heterocycles. The maximum Gasteiger partial charge on any atom is -0.147 e. The summed E-state index contributed by atoms with van der Waals surface area (Å²) in [7, 11) is 0. The summed E-state index contributed by atoms with van der Waals surface area (Å²) in [5, 5.41) is 6.93. The van der Waals surface area contributed by atoms with Gasteiger partial charge in [-0.25, -0.2) is 0 Å². The van der Waals surface area contributed by atoms with E-state index in [4.69, 9.17) is 0 Å². The van der Waals surface area contributed by atoms with Gasteiger partial charge in [0.25, 0.3) is 0 Å². The zero-order valence-corrected chi connectivity index (χ0v) is 20.6. The Kier molecular flexibility index (Phi) is 7.42. The first-order valence-corrected chi connectivity index (χ1v) is 12.5. The smallest absolute Gasteiger partial charge is 0.147 e. The van der Waals surface area contributed by atoms with Gasteiger partial charge in [-0.05, 0) is 0 Å². The number of fused-ring (bicyclic) bond motifs is 2. The van der Waals surface area contributed by atoms with Gasteiger partial charge in [0.05, 0.1) is 0 Å². The minimum atomic E-state index is -0.548. The predicted octanol–water partition coefficient (Wildman–Crippen LogP) is 5.07. The van der Waals surface area contributed by atoms with Crippen molar-refractivity contribution in [2.75, 3.05) is 0 Å². The number of hydrogen-bond acceptors (Lipinski definition) is 2. The summed E-state index contributed by atoms with van der Waals surface area (Å²) in [5.41, 5.74) is 6.22. The molecule has 25 heavy (non-hydrogen) atoms. The molecule has 0 spiro atoms. The van der Waals surface area contributed by atoms with Crippen LogP contribution < -0.4 is 9.75 Å². The molecule has 133 valence electrons. The van der Waals surface area contributed by atoms with Crippen LogP contribution in [0.3, 0.4) is 0 Å². The van der Waals surface area contributed by atoms with E-state index in [0.29, 0.717) is 11.2 Å². The number of hydrogen-bond donors (Lipinski definition) is 0. The molecule has 1 aliphatic heterocycles. The summed E-state index contributed by atoms with van der Waals surface area (Å²) < 4.78 is 5.11. The van der Waals surface area contributed by atoms with Gasteiger partial charge in [0.2, 0.25) is 0 Å².